The van der Waals surface area contributed by atoms with Crippen LogP contribution < -0.4 is 0 Å². The fraction of sp³-hybridized carbons (Fsp3) is 0.400. The van der Waals surface area contributed by atoms with Gasteiger partial charge in [0.2, 0.25) is 0 Å². The molecule has 3 nitrogen and oxygen atoms in total. The van der Waals surface area contributed by atoms with Crippen molar-refractivity contribution in [2.24, 2.45) is 0 Å². The highest BCUT2D eigenvalue weighted by atomic mass is 31.1. The van der Waals surface area contributed by atoms with E-state index in [1.807, 2.05) is 0 Å². The molecule has 1 unspecified atom stereocenters. The average Bonchev–Trinajstić information content (AvgIpc) is 1.87. The van der Waals surface area contributed by atoms with Gasteiger partial charge < -0.3 is 4.74 Å². The predicted octanol–water partition coefficient (Wildman–Crippen LogP) is 1.35. The van der Waals surface area contributed by atoms with Crippen molar-refractivity contribution < 1.29 is 14.1 Å². The van der Waals surface area contributed by atoms with Crippen LogP contribution in [0.25, 0.3) is 0 Å². The summed E-state index contributed by atoms with van der Waals surface area (Å²) >= 11 is 0. The highest BCUT2D eigenvalue weighted by molar-refractivity contribution is 7.24. The fourth-order valence-electron chi connectivity index (χ4n) is 0.238. The molecule has 0 aromatic heterocycles. The summed E-state index contributed by atoms with van der Waals surface area (Å²) in [6.45, 7) is 4.69. The Morgan fingerprint density at radius 2 is 2.44 bits per heavy atom. The summed E-state index contributed by atoms with van der Waals surface area (Å²) in [4.78, 5) is 10.3. The monoisotopic (exact) mass is 146 g/mol. The molecule has 50 valence electrons. The Kier molecular flexibility index (Phi) is 3.89. The van der Waals surface area contributed by atoms with Gasteiger partial charge in [0.05, 0.1) is 0 Å². The predicted molar refractivity (Wildman–Crippen MR) is 33.4 cm³/mol. The van der Waals surface area contributed by atoms with Crippen LogP contribution in [-0.4, -0.2) is 11.8 Å². The number of carbonyl (C=O) groups excluding carboxylic acids is 1. The largest absolute Gasteiger partial charge is 0.447 e. The quantitative estimate of drug-likeness (QED) is 0.343. The van der Waals surface area contributed by atoms with Crippen LogP contribution in [0.5, 0.6) is 0 Å². The molecule has 0 N–H and O–H groups in total. The van der Waals surface area contributed by atoms with Crippen molar-refractivity contribution >= 4 is 14.4 Å². The van der Waals surface area contributed by atoms with Crippen LogP contribution in [-0.2, 0) is 14.1 Å². The third-order valence-corrected chi connectivity index (χ3v) is 1.00. The molecule has 0 aromatic carbocycles. The summed E-state index contributed by atoms with van der Waals surface area (Å²) in [5, 5.41) is 0. The van der Waals surface area contributed by atoms with E-state index in [0.29, 0.717) is 0 Å². The Bertz CT molecular complexity index is 132. The summed E-state index contributed by atoms with van der Waals surface area (Å²) < 4.78 is 14.4. The summed E-state index contributed by atoms with van der Waals surface area (Å²) in [5.74, 6) is -1.12. The molecule has 0 saturated heterocycles. The molecule has 0 spiro atoms. The van der Waals surface area contributed by atoms with E-state index in [-0.39, 0.29) is 8.46 Å². The van der Waals surface area contributed by atoms with Gasteiger partial charge in [0, 0.05) is 6.08 Å². The van der Waals surface area contributed by atoms with E-state index >= 15 is 0 Å². The second-order valence-corrected chi connectivity index (χ2v) is 2.28. The van der Waals surface area contributed by atoms with E-state index in [4.69, 9.17) is 0 Å². The minimum absolute atomic E-state index is 0.193. The van der Waals surface area contributed by atoms with Crippen LogP contribution in [0, 0.1) is 0 Å². The zero-order valence-corrected chi connectivity index (χ0v) is 5.93. The third kappa shape index (κ3) is 3.86. The molecule has 0 saturated carbocycles. The first-order valence-corrected chi connectivity index (χ1v) is 3.24. The van der Waals surface area contributed by atoms with Gasteiger partial charge in [0.15, 0.2) is 14.3 Å². The summed E-state index contributed by atoms with van der Waals surface area (Å²) in [5.41, 5.74) is 0. The Morgan fingerprint density at radius 3 is 2.78 bits per heavy atom. The lowest BCUT2D eigenvalue weighted by Gasteiger charge is -2.00. The summed E-state index contributed by atoms with van der Waals surface area (Å²) in [6.07, 6.45) is 1.03. The third-order valence-electron chi connectivity index (χ3n) is 0.602. The minimum Gasteiger partial charge on any atom is -0.447 e. The number of hydrogen-bond donors (Lipinski definition) is 0. The van der Waals surface area contributed by atoms with E-state index in [2.05, 4.69) is 11.3 Å². The van der Waals surface area contributed by atoms with Crippen molar-refractivity contribution in [2.75, 3.05) is 0 Å². The Morgan fingerprint density at radius 1 is 1.89 bits per heavy atom. The lowest BCUT2D eigenvalue weighted by molar-refractivity contribution is -0.138. The van der Waals surface area contributed by atoms with Gasteiger partial charge in [0.25, 0.3) is 0 Å². The molecule has 0 aliphatic heterocycles. The number of ether oxygens (including phenoxy) is 1. The van der Waals surface area contributed by atoms with Gasteiger partial charge in [-0.1, -0.05) is 6.58 Å². The van der Waals surface area contributed by atoms with Gasteiger partial charge in [-0.25, -0.2) is 4.79 Å². The molecule has 0 aliphatic rings. The molecule has 0 radical (unpaired) electrons. The first-order valence-electron chi connectivity index (χ1n) is 2.36. The van der Waals surface area contributed by atoms with Gasteiger partial charge in [-0.3, -0.25) is 4.57 Å². The van der Waals surface area contributed by atoms with Crippen LogP contribution in [0.1, 0.15) is 6.92 Å². The van der Waals surface area contributed by atoms with Crippen molar-refractivity contribution in [1.82, 2.24) is 0 Å². The van der Waals surface area contributed by atoms with Crippen molar-refractivity contribution in [3.63, 3.8) is 0 Å². The molecule has 1 atom stereocenters. The SMILES string of the molecule is C=CC(=O)OC(C)P=O. The van der Waals surface area contributed by atoms with Crippen molar-refractivity contribution in [2.45, 2.75) is 12.8 Å². The number of carbonyl (C=O) groups is 1. The molecular formula is C5H7O3P. The molecule has 0 rings (SSSR count). The first kappa shape index (κ1) is 8.31. The minimum atomic E-state index is -0.574. The summed E-state index contributed by atoms with van der Waals surface area (Å²) in [7, 11) is -0.193. The maximum absolute atomic E-state index is 10.3. The zero-order valence-electron chi connectivity index (χ0n) is 5.03. The van der Waals surface area contributed by atoms with Gasteiger partial charge in [0.1, 0.15) is 0 Å². The molecular weight excluding hydrogens is 139 g/mol. The highest BCUT2D eigenvalue weighted by Gasteiger charge is 2.03. The van der Waals surface area contributed by atoms with E-state index in [1.165, 1.54) is 6.92 Å². The zero-order chi connectivity index (χ0) is 7.28. The van der Waals surface area contributed by atoms with Crippen molar-refractivity contribution in [3.05, 3.63) is 12.7 Å². The van der Waals surface area contributed by atoms with Crippen molar-refractivity contribution in [3.8, 4) is 0 Å². The second-order valence-electron chi connectivity index (χ2n) is 1.35. The Balaban J connectivity index is 3.58. The molecule has 0 aromatic rings. The van der Waals surface area contributed by atoms with Crippen molar-refractivity contribution in [1.29, 1.82) is 0 Å². The maximum atomic E-state index is 10.3. The van der Waals surface area contributed by atoms with Gasteiger partial charge in [-0.05, 0) is 6.92 Å². The van der Waals surface area contributed by atoms with E-state index in [1.54, 1.807) is 0 Å². The average molecular weight is 146 g/mol. The molecule has 9 heavy (non-hydrogen) atoms. The van der Waals surface area contributed by atoms with Gasteiger partial charge in [-0.2, -0.15) is 0 Å². The number of hydrogen-bond acceptors (Lipinski definition) is 3. The Hall–Kier alpha value is -0.690. The molecule has 0 fully saturated rings. The molecule has 0 amide bonds. The second kappa shape index (κ2) is 4.21. The smallest absolute Gasteiger partial charge is 0.331 e. The molecule has 0 aliphatic carbocycles. The van der Waals surface area contributed by atoms with E-state index < -0.39 is 11.8 Å². The van der Waals surface area contributed by atoms with E-state index in [0.717, 1.165) is 6.08 Å². The maximum Gasteiger partial charge on any atom is 0.331 e. The van der Waals surface area contributed by atoms with Crippen LogP contribution in [0.4, 0.5) is 0 Å². The van der Waals surface area contributed by atoms with Gasteiger partial charge >= 0.3 is 5.97 Å². The normalized spacial score (nSPS) is 12.6. The molecule has 4 heteroatoms. The number of esters is 1. The fourth-order valence-corrected chi connectivity index (χ4v) is 0.385. The summed E-state index contributed by atoms with van der Waals surface area (Å²) in [6, 6.07) is 0. The van der Waals surface area contributed by atoms with Crippen LogP contribution in [0.2, 0.25) is 0 Å². The van der Waals surface area contributed by atoms with Crippen LogP contribution in [0.3, 0.4) is 0 Å². The molecule has 0 bridgehead atoms. The number of rotatable bonds is 3. The van der Waals surface area contributed by atoms with Crippen LogP contribution in [0.15, 0.2) is 12.7 Å². The molecule has 0 heterocycles. The lowest BCUT2D eigenvalue weighted by Crippen LogP contribution is -2.05. The Labute approximate surface area is 54.9 Å². The van der Waals surface area contributed by atoms with E-state index in [9.17, 15) is 9.36 Å². The lowest BCUT2D eigenvalue weighted by atomic mass is 10.6. The highest BCUT2D eigenvalue weighted by Crippen LogP contribution is 2.05. The topological polar surface area (TPSA) is 43.4 Å². The first-order chi connectivity index (χ1) is 4.20. The van der Waals surface area contributed by atoms with Crippen LogP contribution >= 0.6 is 8.46 Å². The standard InChI is InChI=1S/C5H7O3P/c1-3-5(6)8-4(2)9-7/h3-4H,1H2,2H3. The van der Waals surface area contributed by atoms with Gasteiger partial charge in [-0.15, -0.1) is 0 Å².